The Morgan fingerprint density at radius 2 is 2.08 bits per heavy atom. The predicted octanol–water partition coefficient (Wildman–Crippen LogP) is -1.11. The van der Waals surface area contributed by atoms with Crippen LogP contribution in [0.3, 0.4) is 0 Å². The van der Waals surface area contributed by atoms with Crippen LogP contribution in [0.1, 0.15) is 13.3 Å². The van der Waals surface area contributed by atoms with Crippen LogP contribution in [0.15, 0.2) is 0 Å². The monoisotopic (exact) mass is 187 g/mol. The number of rotatable bonds is 6. The Kier molecular flexibility index (Phi) is 5.71. The first-order chi connectivity index (χ1) is 6.13. The van der Waals surface area contributed by atoms with Crippen LogP contribution in [0, 0.1) is 5.92 Å². The highest BCUT2D eigenvalue weighted by Crippen LogP contribution is 2.01. The lowest BCUT2D eigenvalue weighted by Crippen LogP contribution is -2.36. The average Bonchev–Trinajstić information content (AvgIpc) is 2.11. The Labute approximate surface area is 76.1 Å². The largest absolute Gasteiger partial charge is 0.396 e. The molecule has 0 aliphatic rings. The number of aldehydes is 2. The van der Waals surface area contributed by atoms with Crippen molar-refractivity contribution in [2.45, 2.75) is 19.4 Å². The molecule has 0 aromatic heterocycles. The Hall–Kier alpha value is -1.23. The van der Waals surface area contributed by atoms with Crippen molar-refractivity contribution in [3.8, 4) is 0 Å². The molecule has 0 unspecified atom stereocenters. The van der Waals surface area contributed by atoms with Crippen molar-refractivity contribution < 1.29 is 19.5 Å². The summed E-state index contributed by atoms with van der Waals surface area (Å²) in [7, 11) is 0. The van der Waals surface area contributed by atoms with Gasteiger partial charge in [-0.15, -0.1) is 0 Å². The Balaban J connectivity index is 4.02. The molecule has 0 saturated carbocycles. The van der Waals surface area contributed by atoms with Gasteiger partial charge in [-0.05, 0) is 6.42 Å². The fourth-order valence-electron chi connectivity index (χ4n) is 0.909. The van der Waals surface area contributed by atoms with Crippen molar-refractivity contribution in [3.63, 3.8) is 0 Å². The number of amides is 1. The zero-order chi connectivity index (χ0) is 10.3. The summed E-state index contributed by atoms with van der Waals surface area (Å²) in [6.45, 7) is 0.971. The predicted molar refractivity (Wildman–Crippen MR) is 44.9 cm³/mol. The van der Waals surface area contributed by atoms with Gasteiger partial charge in [0.1, 0.15) is 12.6 Å². The lowest BCUT2D eigenvalue weighted by atomic mass is 10.0. The van der Waals surface area contributed by atoms with E-state index in [0.717, 1.165) is 0 Å². The van der Waals surface area contributed by atoms with E-state index in [0.29, 0.717) is 12.6 Å². The topological polar surface area (TPSA) is 83.5 Å². The van der Waals surface area contributed by atoms with Crippen molar-refractivity contribution in [1.82, 2.24) is 5.32 Å². The van der Waals surface area contributed by atoms with Gasteiger partial charge in [-0.2, -0.15) is 0 Å². The van der Waals surface area contributed by atoms with Crippen molar-refractivity contribution in [2.75, 3.05) is 6.61 Å². The van der Waals surface area contributed by atoms with Gasteiger partial charge in [-0.1, -0.05) is 0 Å². The smallest absolute Gasteiger partial charge is 0.217 e. The lowest BCUT2D eigenvalue weighted by Gasteiger charge is -2.13. The maximum Gasteiger partial charge on any atom is 0.217 e. The molecule has 0 fully saturated rings. The molecule has 2 N–H and O–H groups in total. The first-order valence-corrected chi connectivity index (χ1v) is 3.92. The van der Waals surface area contributed by atoms with Crippen molar-refractivity contribution in [3.05, 3.63) is 0 Å². The normalized spacial score (nSPS) is 14.3. The Morgan fingerprint density at radius 3 is 2.38 bits per heavy atom. The lowest BCUT2D eigenvalue weighted by molar-refractivity contribution is -0.123. The third-order valence-corrected chi connectivity index (χ3v) is 1.54. The Bertz CT molecular complexity index is 193. The summed E-state index contributed by atoms with van der Waals surface area (Å²) in [6.07, 6.45) is 1.26. The van der Waals surface area contributed by atoms with Crippen LogP contribution in [0.25, 0.3) is 0 Å². The molecule has 0 heterocycles. The molecular weight excluding hydrogens is 174 g/mol. The number of aliphatic hydroxyl groups excluding tert-OH is 1. The van der Waals surface area contributed by atoms with Crippen LogP contribution in [0.5, 0.6) is 0 Å². The summed E-state index contributed by atoms with van der Waals surface area (Å²) in [5.41, 5.74) is 0. The van der Waals surface area contributed by atoms with Crippen LogP contribution in [0.2, 0.25) is 0 Å². The van der Waals surface area contributed by atoms with Gasteiger partial charge in [0.25, 0.3) is 0 Å². The molecule has 0 aromatic carbocycles. The molecule has 0 saturated heterocycles. The Morgan fingerprint density at radius 1 is 1.46 bits per heavy atom. The summed E-state index contributed by atoms with van der Waals surface area (Å²) >= 11 is 0. The summed E-state index contributed by atoms with van der Waals surface area (Å²) in [6, 6.07) is -0.695. The second-order valence-electron chi connectivity index (χ2n) is 2.76. The third kappa shape index (κ3) is 5.08. The molecular formula is C8H13NO4. The summed E-state index contributed by atoms with van der Waals surface area (Å²) < 4.78 is 0. The second kappa shape index (κ2) is 6.30. The van der Waals surface area contributed by atoms with Crippen LogP contribution in [-0.2, 0) is 14.4 Å². The fraction of sp³-hybridized carbons (Fsp3) is 0.625. The molecule has 5 nitrogen and oxygen atoms in total. The quantitative estimate of drug-likeness (QED) is 0.516. The van der Waals surface area contributed by atoms with E-state index in [4.69, 9.17) is 5.11 Å². The molecule has 0 rings (SSSR count). The average molecular weight is 187 g/mol. The minimum absolute atomic E-state index is 0.142. The van der Waals surface area contributed by atoms with E-state index in [1.807, 2.05) is 0 Å². The van der Waals surface area contributed by atoms with Crippen LogP contribution >= 0.6 is 0 Å². The minimum Gasteiger partial charge on any atom is -0.396 e. The van der Waals surface area contributed by atoms with E-state index >= 15 is 0 Å². The molecule has 13 heavy (non-hydrogen) atoms. The van der Waals surface area contributed by atoms with E-state index in [-0.39, 0.29) is 18.9 Å². The van der Waals surface area contributed by atoms with Gasteiger partial charge in [-0.25, -0.2) is 0 Å². The number of carbonyl (C=O) groups excluding carboxylic acids is 3. The zero-order valence-electron chi connectivity index (χ0n) is 7.40. The fourth-order valence-corrected chi connectivity index (χ4v) is 0.909. The summed E-state index contributed by atoms with van der Waals surface area (Å²) in [5.74, 6) is -0.929. The molecule has 1 amide bonds. The van der Waals surface area contributed by atoms with Gasteiger partial charge in [-0.3, -0.25) is 4.79 Å². The maximum absolute atomic E-state index is 10.6. The summed E-state index contributed by atoms with van der Waals surface area (Å²) in [5, 5.41) is 11.0. The highest BCUT2D eigenvalue weighted by molar-refractivity contribution is 5.77. The van der Waals surface area contributed by atoms with E-state index in [2.05, 4.69) is 5.32 Å². The van der Waals surface area contributed by atoms with Gasteiger partial charge < -0.3 is 20.0 Å². The van der Waals surface area contributed by atoms with E-state index in [9.17, 15) is 14.4 Å². The van der Waals surface area contributed by atoms with Gasteiger partial charge in [0, 0.05) is 12.8 Å². The molecule has 0 bridgehead atoms. The number of carbonyl (C=O) groups is 3. The molecule has 0 radical (unpaired) electrons. The standard InChI is InChI=1S/C8H13NO4/c1-6(13)9-8(5-12)2-7(3-10)4-11/h3,5,7-8,11H,2,4H2,1H3,(H,9,13)/t7-,8+/m1/s1. The first-order valence-electron chi connectivity index (χ1n) is 3.92. The number of aliphatic hydroxyl groups is 1. The SMILES string of the molecule is CC(=O)N[C@H](C=O)C[C@H](C=O)CO. The zero-order valence-corrected chi connectivity index (χ0v) is 7.40. The van der Waals surface area contributed by atoms with Crippen LogP contribution < -0.4 is 5.32 Å². The molecule has 0 spiro atoms. The molecule has 0 aliphatic carbocycles. The van der Waals surface area contributed by atoms with Gasteiger partial charge >= 0.3 is 0 Å². The van der Waals surface area contributed by atoms with Crippen LogP contribution in [0.4, 0.5) is 0 Å². The third-order valence-electron chi connectivity index (χ3n) is 1.54. The maximum atomic E-state index is 10.6. The number of hydrogen-bond acceptors (Lipinski definition) is 4. The van der Waals surface area contributed by atoms with Crippen molar-refractivity contribution in [1.29, 1.82) is 0 Å². The first kappa shape index (κ1) is 11.8. The number of nitrogens with one attached hydrogen (secondary N) is 1. The van der Waals surface area contributed by atoms with Crippen LogP contribution in [-0.4, -0.2) is 36.2 Å². The van der Waals surface area contributed by atoms with E-state index in [1.165, 1.54) is 6.92 Å². The highest BCUT2D eigenvalue weighted by Gasteiger charge is 2.15. The second-order valence-corrected chi connectivity index (χ2v) is 2.76. The van der Waals surface area contributed by atoms with E-state index < -0.39 is 12.0 Å². The minimum atomic E-state index is -0.695. The molecule has 5 heteroatoms. The van der Waals surface area contributed by atoms with Crippen molar-refractivity contribution in [2.24, 2.45) is 5.92 Å². The summed E-state index contributed by atoms with van der Waals surface area (Å²) in [4.78, 5) is 31.2. The van der Waals surface area contributed by atoms with Gasteiger partial charge in [0.15, 0.2) is 0 Å². The molecule has 74 valence electrons. The van der Waals surface area contributed by atoms with Crippen molar-refractivity contribution >= 4 is 18.5 Å². The van der Waals surface area contributed by atoms with E-state index in [1.54, 1.807) is 0 Å². The van der Waals surface area contributed by atoms with Gasteiger partial charge in [0.2, 0.25) is 5.91 Å². The molecule has 0 aromatic rings. The highest BCUT2D eigenvalue weighted by atomic mass is 16.3. The molecule has 2 atom stereocenters. The number of hydrogen-bond donors (Lipinski definition) is 2. The molecule has 0 aliphatic heterocycles. The van der Waals surface area contributed by atoms with Gasteiger partial charge in [0.05, 0.1) is 12.6 Å².